The molecule has 0 saturated carbocycles. The van der Waals surface area contributed by atoms with Crippen LogP contribution in [0.2, 0.25) is 5.04 Å². The van der Waals surface area contributed by atoms with Crippen LogP contribution in [0, 0.1) is 5.82 Å². The van der Waals surface area contributed by atoms with Crippen LogP contribution in [0.5, 0.6) is 0 Å². The van der Waals surface area contributed by atoms with Crippen molar-refractivity contribution < 1.29 is 18.3 Å². The Morgan fingerprint density at radius 3 is 1.90 bits per heavy atom. The summed E-state index contributed by atoms with van der Waals surface area (Å²) in [7, 11) is -2.81. The number of thiophene rings is 1. The summed E-state index contributed by atoms with van der Waals surface area (Å²) in [6, 6.07) is 27.4. The highest BCUT2D eigenvalue weighted by atomic mass is 32.1. The van der Waals surface area contributed by atoms with Crippen molar-refractivity contribution in [3.63, 3.8) is 0 Å². The van der Waals surface area contributed by atoms with E-state index in [0.717, 1.165) is 20.9 Å². The average molecular weight is 561 g/mol. The lowest BCUT2D eigenvalue weighted by Crippen LogP contribution is -2.66. The van der Waals surface area contributed by atoms with E-state index in [4.69, 9.17) is 9.16 Å². The first-order chi connectivity index (χ1) is 18.6. The van der Waals surface area contributed by atoms with Gasteiger partial charge in [-0.25, -0.2) is 9.18 Å². The number of rotatable bonds is 9. The Balaban J connectivity index is 1.92. The predicted molar refractivity (Wildman–Crippen MR) is 162 cm³/mol. The highest BCUT2D eigenvalue weighted by molar-refractivity contribution is 7.13. The number of carbonyl (C=O) groups is 1. The predicted octanol–water partition coefficient (Wildman–Crippen LogP) is 7.93. The molecule has 0 aliphatic heterocycles. The molecule has 0 aliphatic carbocycles. The van der Waals surface area contributed by atoms with Gasteiger partial charge in [-0.1, -0.05) is 107 Å². The molecule has 0 radical (unpaired) electrons. The van der Waals surface area contributed by atoms with Gasteiger partial charge in [0.15, 0.2) is 0 Å². The largest absolute Gasteiger partial charge is 0.462 e. The molecule has 39 heavy (non-hydrogen) atoms. The van der Waals surface area contributed by atoms with Crippen LogP contribution < -0.4 is 10.4 Å². The Morgan fingerprint density at radius 1 is 0.897 bits per heavy atom. The molecule has 0 fully saturated rings. The van der Waals surface area contributed by atoms with E-state index in [0.29, 0.717) is 12.2 Å². The number of carbonyl (C=O) groups excluding carboxylic acids is 1. The molecule has 0 amide bonds. The van der Waals surface area contributed by atoms with Crippen LogP contribution in [-0.2, 0) is 15.8 Å². The average Bonchev–Trinajstić information content (AvgIpc) is 3.30. The lowest BCUT2D eigenvalue weighted by Gasteiger charge is -2.43. The number of hydrogen-bond acceptors (Lipinski definition) is 4. The quantitative estimate of drug-likeness (QED) is 0.154. The van der Waals surface area contributed by atoms with Gasteiger partial charge in [0.1, 0.15) is 5.82 Å². The van der Waals surface area contributed by atoms with Crippen LogP contribution in [0.1, 0.15) is 67.6 Å². The molecule has 0 unspecified atom stereocenters. The standard InChI is InChI=1S/C33H37FO3SSi/c1-7-36-32(35)30-29(24-18-20-25(34)21-19-24)28(38-31(30)23(2)3)22-37-39(33(4,5)6,26-14-10-8-11-15-26)27-16-12-9-13-17-27/h8-21,23H,7,22H2,1-6H3. The third-order valence-electron chi connectivity index (χ3n) is 6.98. The second-order valence-electron chi connectivity index (χ2n) is 11.0. The van der Waals surface area contributed by atoms with Crippen molar-refractivity contribution in [2.45, 2.75) is 59.1 Å². The van der Waals surface area contributed by atoms with Crippen LogP contribution in [0.3, 0.4) is 0 Å². The summed E-state index contributed by atoms with van der Waals surface area (Å²) in [4.78, 5) is 15.2. The van der Waals surface area contributed by atoms with Gasteiger partial charge in [0, 0.05) is 15.3 Å². The SMILES string of the molecule is CCOC(=O)c1c(C(C)C)sc(CO[Si](c2ccccc2)(c2ccccc2)C(C)(C)C)c1-c1ccc(F)cc1. The fraction of sp³-hybridized carbons (Fsp3) is 0.303. The number of ether oxygens (including phenoxy) is 1. The van der Waals surface area contributed by atoms with E-state index in [1.165, 1.54) is 22.5 Å². The van der Waals surface area contributed by atoms with Gasteiger partial charge in [-0.3, -0.25) is 0 Å². The molecule has 4 rings (SSSR count). The van der Waals surface area contributed by atoms with Crippen LogP contribution in [0.25, 0.3) is 11.1 Å². The third-order valence-corrected chi connectivity index (χ3v) is 13.4. The van der Waals surface area contributed by atoms with E-state index >= 15 is 0 Å². The van der Waals surface area contributed by atoms with Gasteiger partial charge in [0.05, 0.1) is 18.8 Å². The van der Waals surface area contributed by atoms with E-state index in [1.54, 1.807) is 23.5 Å². The minimum absolute atomic E-state index is 0.107. The van der Waals surface area contributed by atoms with Gasteiger partial charge >= 0.3 is 5.97 Å². The number of esters is 1. The molecule has 0 N–H and O–H groups in total. The second-order valence-corrected chi connectivity index (χ2v) is 16.4. The van der Waals surface area contributed by atoms with Crippen molar-refractivity contribution >= 4 is 36.0 Å². The molecular weight excluding hydrogens is 524 g/mol. The lowest BCUT2D eigenvalue weighted by molar-refractivity contribution is 0.0526. The third kappa shape index (κ3) is 5.79. The second kappa shape index (κ2) is 12.0. The fourth-order valence-electron chi connectivity index (χ4n) is 5.27. The number of benzene rings is 3. The molecule has 1 aromatic heterocycles. The van der Waals surface area contributed by atoms with Gasteiger partial charge in [0.2, 0.25) is 0 Å². The van der Waals surface area contributed by atoms with Crippen molar-refractivity contribution in [2.75, 3.05) is 6.61 Å². The first kappa shape index (κ1) is 28.9. The highest BCUT2D eigenvalue weighted by Gasteiger charge is 2.50. The topological polar surface area (TPSA) is 35.5 Å². The minimum Gasteiger partial charge on any atom is -0.462 e. The fourth-order valence-corrected chi connectivity index (χ4v) is 11.1. The molecule has 0 bridgehead atoms. The minimum atomic E-state index is -2.81. The smallest absolute Gasteiger partial charge is 0.339 e. The number of halogens is 1. The Hall–Kier alpha value is -3.06. The first-order valence-corrected chi connectivity index (χ1v) is 16.2. The van der Waals surface area contributed by atoms with E-state index in [-0.39, 0.29) is 29.3 Å². The maximum Gasteiger partial charge on any atom is 0.339 e. The molecule has 3 nitrogen and oxygen atoms in total. The molecule has 3 aromatic carbocycles. The van der Waals surface area contributed by atoms with E-state index < -0.39 is 8.32 Å². The summed E-state index contributed by atoms with van der Waals surface area (Å²) < 4.78 is 26.7. The van der Waals surface area contributed by atoms with Crippen molar-refractivity contribution in [3.8, 4) is 11.1 Å². The van der Waals surface area contributed by atoms with Gasteiger partial charge in [-0.05, 0) is 45.9 Å². The zero-order valence-corrected chi connectivity index (χ0v) is 25.4. The zero-order valence-electron chi connectivity index (χ0n) is 23.6. The summed E-state index contributed by atoms with van der Waals surface area (Å²) in [6.07, 6.45) is 0. The normalized spacial score (nSPS) is 12.1. The summed E-state index contributed by atoms with van der Waals surface area (Å²) in [6.45, 7) is 13.3. The van der Waals surface area contributed by atoms with Crippen molar-refractivity contribution in [2.24, 2.45) is 0 Å². The van der Waals surface area contributed by atoms with Crippen LogP contribution in [-0.4, -0.2) is 20.9 Å². The summed E-state index contributed by atoms with van der Waals surface area (Å²) in [5.41, 5.74) is 2.12. The Labute approximate surface area is 236 Å². The number of hydrogen-bond donors (Lipinski definition) is 0. The van der Waals surface area contributed by atoms with Crippen LogP contribution in [0.4, 0.5) is 4.39 Å². The maximum absolute atomic E-state index is 13.9. The molecule has 0 atom stereocenters. The summed E-state index contributed by atoms with van der Waals surface area (Å²) in [5, 5.41) is 2.20. The van der Waals surface area contributed by atoms with Gasteiger partial charge < -0.3 is 9.16 Å². The molecule has 4 aromatic rings. The van der Waals surface area contributed by atoms with Gasteiger partial charge in [-0.15, -0.1) is 11.3 Å². The van der Waals surface area contributed by atoms with Crippen LogP contribution >= 0.6 is 11.3 Å². The summed E-state index contributed by atoms with van der Waals surface area (Å²) >= 11 is 1.59. The first-order valence-electron chi connectivity index (χ1n) is 13.4. The monoisotopic (exact) mass is 560 g/mol. The van der Waals surface area contributed by atoms with Crippen molar-refractivity contribution in [1.29, 1.82) is 0 Å². The maximum atomic E-state index is 13.9. The van der Waals surface area contributed by atoms with E-state index in [1.807, 2.05) is 19.1 Å². The Bertz CT molecular complexity index is 1350. The van der Waals surface area contributed by atoms with Gasteiger partial charge in [-0.2, -0.15) is 0 Å². The zero-order chi connectivity index (χ0) is 28.2. The molecular formula is C33H37FO3SSi. The molecule has 0 aliphatic rings. The van der Waals surface area contributed by atoms with Gasteiger partial charge in [0.25, 0.3) is 8.32 Å². The Kier molecular flexibility index (Phi) is 8.89. The van der Waals surface area contributed by atoms with E-state index in [9.17, 15) is 9.18 Å². The molecule has 1 heterocycles. The molecule has 0 saturated heterocycles. The van der Waals surface area contributed by atoms with Crippen LogP contribution in [0.15, 0.2) is 84.9 Å². The summed E-state index contributed by atoms with van der Waals surface area (Å²) in [5.74, 6) is -0.565. The molecule has 204 valence electrons. The lowest BCUT2D eigenvalue weighted by atomic mass is 9.97. The van der Waals surface area contributed by atoms with Crippen molar-refractivity contribution in [3.05, 3.63) is 106 Å². The molecule has 0 spiro atoms. The highest BCUT2D eigenvalue weighted by Crippen LogP contribution is 2.43. The van der Waals surface area contributed by atoms with E-state index in [2.05, 4.69) is 83.1 Å². The van der Waals surface area contributed by atoms with Crippen molar-refractivity contribution in [1.82, 2.24) is 0 Å². The molecule has 6 heteroatoms. The Morgan fingerprint density at radius 2 is 1.44 bits per heavy atom.